The molecular weight excluding hydrogens is 267 g/mol. The Bertz CT molecular complexity index is 595. The van der Waals surface area contributed by atoms with Crippen molar-refractivity contribution in [3.8, 4) is 5.69 Å². The minimum atomic E-state index is -0.0972. The van der Waals surface area contributed by atoms with Crippen molar-refractivity contribution in [3.63, 3.8) is 0 Å². The monoisotopic (exact) mass is 276 g/mol. The number of aryl methyl sites for hydroxylation is 1. The van der Waals surface area contributed by atoms with Gasteiger partial charge >= 0.3 is 0 Å². The summed E-state index contributed by atoms with van der Waals surface area (Å²) < 4.78 is 2.15. The van der Waals surface area contributed by atoms with Crippen molar-refractivity contribution >= 4 is 29.2 Å². The summed E-state index contributed by atoms with van der Waals surface area (Å²) in [5.41, 5.74) is 2.46. The van der Waals surface area contributed by atoms with Gasteiger partial charge in [-0.1, -0.05) is 12.1 Å². The molecule has 0 radical (unpaired) electrons. The second-order valence-electron chi connectivity index (χ2n) is 3.67. The van der Waals surface area contributed by atoms with Crippen LogP contribution >= 0.6 is 15.9 Å². The second-order valence-corrected chi connectivity index (χ2v) is 4.53. The lowest BCUT2D eigenvalue weighted by Crippen LogP contribution is -2.35. The predicted octanol–water partition coefficient (Wildman–Crippen LogP) is 0.562. The molecule has 0 aliphatic heterocycles. The molecule has 2 rings (SSSR count). The minimum absolute atomic E-state index is 0.0972. The van der Waals surface area contributed by atoms with E-state index in [9.17, 15) is 4.79 Å². The van der Waals surface area contributed by atoms with E-state index in [2.05, 4.69) is 21.0 Å². The van der Waals surface area contributed by atoms with Gasteiger partial charge in [-0.05, 0) is 46.0 Å². The Morgan fingerprint density at radius 1 is 1.44 bits per heavy atom. The summed E-state index contributed by atoms with van der Waals surface area (Å²) in [4.78, 5) is 12.0. The summed E-state index contributed by atoms with van der Waals surface area (Å²) in [7, 11) is 1.78. The highest BCUT2D eigenvalue weighted by molar-refractivity contribution is 9.10. The highest BCUT2D eigenvalue weighted by Crippen LogP contribution is 2.07. The maximum Gasteiger partial charge on any atom is 0.266 e. The summed E-state index contributed by atoms with van der Waals surface area (Å²) in [6.45, 7) is 1.99. The minimum Gasteiger partial charge on any atom is -0.268 e. The molecule has 0 aliphatic carbocycles. The molecule has 80 valence electrons. The zero-order chi connectivity index (χ0) is 11.7. The molecule has 0 N–H and O–H groups in total. The topological polar surface area (TPSA) is 34.9 Å². The molecule has 0 bridgehead atoms. The van der Waals surface area contributed by atoms with Crippen molar-refractivity contribution in [2.45, 2.75) is 6.92 Å². The maximum absolute atomic E-state index is 12.0. The summed E-state index contributed by atoms with van der Waals surface area (Å²) in [6, 6.07) is 7.70. The molecule has 3 nitrogen and oxygen atoms in total. The van der Waals surface area contributed by atoms with Gasteiger partial charge in [0, 0.05) is 4.47 Å². The van der Waals surface area contributed by atoms with E-state index in [0.717, 1.165) is 15.7 Å². The van der Waals surface area contributed by atoms with Crippen LogP contribution in [0.2, 0.25) is 0 Å². The van der Waals surface area contributed by atoms with Crippen LogP contribution in [0.4, 0.5) is 0 Å². The Morgan fingerprint density at radius 2 is 2.19 bits per heavy atom. The number of nitrogens with zero attached hydrogens (tertiary/aromatic N) is 2. The second kappa shape index (κ2) is 4.25. The average Bonchev–Trinajstić information content (AvgIpc) is 2.26. The number of hydrogen-bond acceptors (Lipinski definition) is 2. The highest BCUT2D eigenvalue weighted by atomic mass is 79.9. The molecule has 1 aromatic carbocycles. The molecule has 0 amide bonds. The van der Waals surface area contributed by atoms with Crippen LogP contribution in [0.1, 0.15) is 5.56 Å². The van der Waals surface area contributed by atoms with Gasteiger partial charge in [0.2, 0.25) is 0 Å². The number of rotatable bonds is 1. The first-order valence-corrected chi connectivity index (χ1v) is 5.70. The van der Waals surface area contributed by atoms with Crippen molar-refractivity contribution in [2.75, 3.05) is 0 Å². The van der Waals surface area contributed by atoms with Gasteiger partial charge in [0.1, 0.15) is 7.85 Å². The Balaban J connectivity index is 2.66. The van der Waals surface area contributed by atoms with E-state index < -0.39 is 0 Å². The van der Waals surface area contributed by atoms with Crippen molar-refractivity contribution in [1.82, 2.24) is 9.78 Å². The van der Waals surface area contributed by atoms with Crippen LogP contribution in [0.25, 0.3) is 5.69 Å². The third-order valence-electron chi connectivity index (χ3n) is 2.40. The average molecular weight is 277 g/mol. The largest absolute Gasteiger partial charge is 0.268 e. The highest BCUT2D eigenvalue weighted by Gasteiger charge is 2.06. The summed E-state index contributed by atoms with van der Waals surface area (Å²) in [5, 5.41) is 4.11. The normalized spacial score (nSPS) is 10.4. The van der Waals surface area contributed by atoms with Crippen molar-refractivity contribution in [1.29, 1.82) is 0 Å². The molecule has 0 aliphatic rings. The van der Waals surface area contributed by atoms with E-state index in [1.807, 2.05) is 31.2 Å². The number of hydrogen-bond donors (Lipinski definition) is 0. The Kier molecular flexibility index (Phi) is 2.96. The van der Waals surface area contributed by atoms with Gasteiger partial charge in [-0.2, -0.15) is 9.78 Å². The fourth-order valence-corrected chi connectivity index (χ4v) is 1.72. The van der Waals surface area contributed by atoms with E-state index in [1.165, 1.54) is 4.68 Å². The fourth-order valence-electron chi connectivity index (χ4n) is 1.46. The standard InChI is InChI=1S/C11H10BBrN2O/c1-7-3-2-4-8(5-7)15-11(16)10(12)9(13)6-14-15/h2-6H,12H2,1H3. The summed E-state index contributed by atoms with van der Waals surface area (Å²) in [5.74, 6) is 0. The summed E-state index contributed by atoms with van der Waals surface area (Å²) >= 11 is 3.29. The molecule has 1 aromatic heterocycles. The first kappa shape index (κ1) is 11.1. The van der Waals surface area contributed by atoms with E-state index >= 15 is 0 Å². The number of halogens is 1. The number of aromatic nitrogens is 2. The third kappa shape index (κ3) is 1.95. The van der Waals surface area contributed by atoms with E-state index in [1.54, 1.807) is 14.0 Å². The van der Waals surface area contributed by atoms with Gasteiger partial charge in [-0.15, -0.1) is 0 Å². The van der Waals surface area contributed by atoms with Crippen LogP contribution in [-0.2, 0) is 0 Å². The third-order valence-corrected chi connectivity index (χ3v) is 3.20. The van der Waals surface area contributed by atoms with E-state index in [4.69, 9.17) is 0 Å². The van der Waals surface area contributed by atoms with E-state index in [0.29, 0.717) is 5.46 Å². The van der Waals surface area contributed by atoms with Gasteiger partial charge in [-0.25, -0.2) is 0 Å². The predicted molar refractivity (Wildman–Crippen MR) is 70.4 cm³/mol. The molecule has 0 saturated carbocycles. The molecule has 16 heavy (non-hydrogen) atoms. The molecule has 0 fully saturated rings. The van der Waals surface area contributed by atoms with Gasteiger partial charge in [0.15, 0.2) is 0 Å². The maximum atomic E-state index is 12.0. The van der Waals surface area contributed by atoms with Crippen molar-refractivity contribution in [2.24, 2.45) is 0 Å². The first-order chi connectivity index (χ1) is 7.59. The molecule has 0 spiro atoms. The molecule has 2 aromatic rings. The first-order valence-electron chi connectivity index (χ1n) is 4.91. The van der Waals surface area contributed by atoms with Crippen LogP contribution in [0.15, 0.2) is 39.7 Å². The molecule has 5 heteroatoms. The van der Waals surface area contributed by atoms with Gasteiger partial charge in [0.25, 0.3) is 5.56 Å². The van der Waals surface area contributed by atoms with Crippen LogP contribution in [-0.4, -0.2) is 17.6 Å². The van der Waals surface area contributed by atoms with Crippen LogP contribution in [0.3, 0.4) is 0 Å². The Hall–Kier alpha value is -1.36. The van der Waals surface area contributed by atoms with Crippen LogP contribution < -0.4 is 11.0 Å². The summed E-state index contributed by atoms with van der Waals surface area (Å²) in [6.07, 6.45) is 1.64. The molecule has 0 unspecified atom stereocenters. The fraction of sp³-hybridized carbons (Fsp3) is 0.0909. The molecular formula is C11H10BBrN2O. The quantitative estimate of drug-likeness (QED) is 0.714. The number of benzene rings is 1. The SMILES string of the molecule is Bc1c(Br)cnn(-c2cccc(C)c2)c1=O. The van der Waals surface area contributed by atoms with Crippen LogP contribution in [0, 0.1) is 6.92 Å². The lowest BCUT2D eigenvalue weighted by atomic mass is 9.99. The lowest BCUT2D eigenvalue weighted by molar-refractivity contribution is 0.810. The Labute approximate surface area is 103 Å². The van der Waals surface area contributed by atoms with Gasteiger partial charge in [-0.3, -0.25) is 4.79 Å². The van der Waals surface area contributed by atoms with E-state index in [-0.39, 0.29) is 5.56 Å². The Morgan fingerprint density at radius 3 is 2.88 bits per heavy atom. The van der Waals surface area contributed by atoms with Crippen LogP contribution in [0.5, 0.6) is 0 Å². The smallest absolute Gasteiger partial charge is 0.266 e. The molecule has 0 saturated heterocycles. The van der Waals surface area contributed by atoms with Gasteiger partial charge in [0.05, 0.1) is 11.9 Å². The van der Waals surface area contributed by atoms with Gasteiger partial charge < -0.3 is 0 Å². The molecule has 0 atom stereocenters. The zero-order valence-electron chi connectivity index (χ0n) is 9.07. The van der Waals surface area contributed by atoms with Crippen molar-refractivity contribution in [3.05, 3.63) is 50.9 Å². The zero-order valence-corrected chi connectivity index (χ0v) is 10.7. The lowest BCUT2D eigenvalue weighted by Gasteiger charge is -2.06. The molecule has 1 heterocycles. The van der Waals surface area contributed by atoms with Crippen molar-refractivity contribution < 1.29 is 0 Å².